The van der Waals surface area contributed by atoms with E-state index in [0.29, 0.717) is 6.42 Å². The Kier molecular flexibility index (Phi) is 4.24. The topological polar surface area (TPSA) is 48.3 Å². The molecule has 128 valence electrons. The number of aldehydes is 1. The standard InChI is InChI=1S/C20H25NO3/c1-13-8-9-15-17(12-13)21(19(23)24-20(2,3)4)16-7-5-6-14(10-11-22)18(15)16/h8-9,11-12,14H,5-7,10H2,1-4H3. The molecular formula is C20H25NO3. The summed E-state index contributed by atoms with van der Waals surface area (Å²) in [6, 6.07) is 6.18. The number of nitrogens with zero attached hydrogens (tertiary/aromatic N) is 1. The summed E-state index contributed by atoms with van der Waals surface area (Å²) in [5, 5.41) is 1.08. The van der Waals surface area contributed by atoms with Crippen molar-refractivity contribution in [2.24, 2.45) is 0 Å². The molecule has 1 aromatic carbocycles. The maximum absolute atomic E-state index is 12.9. The minimum atomic E-state index is -0.540. The van der Waals surface area contributed by atoms with Crippen LogP contribution in [0.15, 0.2) is 18.2 Å². The summed E-state index contributed by atoms with van der Waals surface area (Å²) in [5.41, 5.74) is 3.64. The molecule has 4 heteroatoms. The lowest BCUT2D eigenvalue weighted by atomic mass is 9.83. The molecule has 1 aromatic heterocycles. The van der Waals surface area contributed by atoms with Crippen LogP contribution in [0.25, 0.3) is 10.9 Å². The van der Waals surface area contributed by atoms with Gasteiger partial charge in [-0.15, -0.1) is 0 Å². The van der Waals surface area contributed by atoms with E-state index in [9.17, 15) is 9.59 Å². The summed E-state index contributed by atoms with van der Waals surface area (Å²) in [6.07, 6.45) is 4.00. The molecule has 0 amide bonds. The molecule has 0 bridgehead atoms. The fourth-order valence-corrected chi connectivity index (χ4v) is 3.71. The third kappa shape index (κ3) is 2.97. The zero-order chi connectivity index (χ0) is 17.5. The second-order valence-electron chi connectivity index (χ2n) is 7.69. The van der Waals surface area contributed by atoms with Crippen molar-refractivity contribution in [3.05, 3.63) is 35.0 Å². The molecule has 3 rings (SSSR count). The second kappa shape index (κ2) is 6.08. The molecule has 0 saturated heterocycles. The number of rotatable bonds is 2. The van der Waals surface area contributed by atoms with Gasteiger partial charge in [0.1, 0.15) is 11.9 Å². The van der Waals surface area contributed by atoms with Crippen LogP contribution in [0.3, 0.4) is 0 Å². The lowest BCUT2D eigenvalue weighted by molar-refractivity contribution is -0.108. The minimum absolute atomic E-state index is 0.195. The summed E-state index contributed by atoms with van der Waals surface area (Å²) < 4.78 is 7.38. The first-order chi connectivity index (χ1) is 11.3. The van der Waals surface area contributed by atoms with Gasteiger partial charge >= 0.3 is 6.09 Å². The Morgan fingerprint density at radius 2 is 2.12 bits per heavy atom. The van der Waals surface area contributed by atoms with E-state index in [1.165, 1.54) is 0 Å². The van der Waals surface area contributed by atoms with Gasteiger partial charge in [-0.05, 0) is 70.1 Å². The molecule has 1 heterocycles. The molecule has 0 saturated carbocycles. The largest absolute Gasteiger partial charge is 0.443 e. The van der Waals surface area contributed by atoms with Crippen LogP contribution in [0.4, 0.5) is 4.79 Å². The molecule has 24 heavy (non-hydrogen) atoms. The molecule has 0 spiro atoms. The van der Waals surface area contributed by atoms with Crippen LogP contribution in [0.1, 0.15) is 62.8 Å². The van der Waals surface area contributed by atoms with E-state index in [0.717, 1.165) is 53.3 Å². The summed E-state index contributed by atoms with van der Waals surface area (Å²) in [5.74, 6) is 0.195. The van der Waals surface area contributed by atoms with Gasteiger partial charge in [-0.25, -0.2) is 9.36 Å². The first-order valence-electron chi connectivity index (χ1n) is 8.62. The number of ether oxygens (including phenoxy) is 1. The van der Waals surface area contributed by atoms with E-state index in [1.807, 2.05) is 33.8 Å². The summed E-state index contributed by atoms with van der Waals surface area (Å²) in [7, 11) is 0. The average Bonchev–Trinajstić information content (AvgIpc) is 2.80. The van der Waals surface area contributed by atoms with Crippen LogP contribution >= 0.6 is 0 Å². The maximum Gasteiger partial charge on any atom is 0.419 e. The van der Waals surface area contributed by atoms with Crippen LogP contribution in [-0.4, -0.2) is 22.5 Å². The molecule has 0 radical (unpaired) electrons. The van der Waals surface area contributed by atoms with Gasteiger partial charge < -0.3 is 9.53 Å². The number of benzene rings is 1. The van der Waals surface area contributed by atoms with Crippen molar-refractivity contribution in [2.75, 3.05) is 0 Å². The second-order valence-corrected chi connectivity index (χ2v) is 7.69. The first-order valence-corrected chi connectivity index (χ1v) is 8.62. The summed E-state index contributed by atoms with van der Waals surface area (Å²) >= 11 is 0. The van der Waals surface area contributed by atoms with Gasteiger partial charge in [-0.2, -0.15) is 0 Å². The Balaban J connectivity index is 2.23. The highest BCUT2D eigenvalue weighted by atomic mass is 16.6. The predicted octanol–water partition coefficient (Wildman–Crippen LogP) is 4.74. The Morgan fingerprint density at radius 3 is 2.79 bits per heavy atom. The van der Waals surface area contributed by atoms with Gasteiger partial charge in [0.05, 0.1) is 5.52 Å². The van der Waals surface area contributed by atoms with Crippen LogP contribution in [0.2, 0.25) is 0 Å². The zero-order valence-corrected chi connectivity index (χ0v) is 14.9. The van der Waals surface area contributed by atoms with Crippen LogP contribution in [-0.2, 0) is 16.0 Å². The van der Waals surface area contributed by atoms with E-state index in [2.05, 4.69) is 12.1 Å². The number of aryl methyl sites for hydroxylation is 1. The Bertz CT molecular complexity index is 795. The molecule has 0 N–H and O–H groups in total. The van der Waals surface area contributed by atoms with Gasteiger partial charge in [0.25, 0.3) is 0 Å². The molecule has 0 fully saturated rings. The van der Waals surface area contributed by atoms with Gasteiger partial charge in [0, 0.05) is 17.5 Å². The molecular weight excluding hydrogens is 302 g/mol. The maximum atomic E-state index is 12.9. The van der Waals surface area contributed by atoms with Crippen molar-refractivity contribution in [1.82, 2.24) is 4.57 Å². The van der Waals surface area contributed by atoms with Gasteiger partial charge in [0.15, 0.2) is 0 Å². The number of carbonyl (C=O) groups is 2. The third-order valence-corrected chi connectivity index (χ3v) is 4.60. The molecule has 4 nitrogen and oxygen atoms in total. The third-order valence-electron chi connectivity index (χ3n) is 4.60. The minimum Gasteiger partial charge on any atom is -0.443 e. The van der Waals surface area contributed by atoms with Crippen molar-refractivity contribution in [1.29, 1.82) is 0 Å². The van der Waals surface area contributed by atoms with Crippen LogP contribution < -0.4 is 0 Å². The van der Waals surface area contributed by atoms with Crippen LogP contribution in [0.5, 0.6) is 0 Å². The van der Waals surface area contributed by atoms with Gasteiger partial charge in [-0.3, -0.25) is 0 Å². The van der Waals surface area contributed by atoms with Crippen molar-refractivity contribution in [2.45, 2.75) is 64.9 Å². The number of carbonyl (C=O) groups excluding carboxylic acids is 2. The molecule has 0 aliphatic heterocycles. The Morgan fingerprint density at radius 1 is 1.38 bits per heavy atom. The SMILES string of the molecule is Cc1ccc2c3c(n(C(=O)OC(C)(C)C)c2c1)CCCC3CC=O. The molecule has 1 unspecified atom stereocenters. The highest BCUT2D eigenvalue weighted by Gasteiger charge is 2.31. The van der Waals surface area contributed by atoms with Crippen molar-refractivity contribution in [3.8, 4) is 0 Å². The predicted molar refractivity (Wildman–Crippen MR) is 94.7 cm³/mol. The highest BCUT2D eigenvalue weighted by Crippen LogP contribution is 2.41. The van der Waals surface area contributed by atoms with Crippen molar-refractivity contribution < 1.29 is 14.3 Å². The molecule has 2 aromatic rings. The van der Waals surface area contributed by atoms with Crippen molar-refractivity contribution >= 4 is 23.3 Å². The van der Waals surface area contributed by atoms with E-state index in [4.69, 9.17) is 4.74 Å². The number of hydrogen-bond acceptors (Lipinski definition) is 3. The Labute approximate surface area is 142 Å². The smallest absolute Gasteiger partial charge is 0.419 e. The summed E-state index contributed by atoms with van der Waals surface area (Å²) in [6.45, 7) is 7.66. The molecule has 1 atom stereocenters. The van der Waals surface area contributed by atoms with E-state index < -0.39 is 5.60 Å². The van der Waals surface area contributed by atoms with Crippen molar-refractivity contribution in [3.63, 3.8) is 0 Å². The van der Waals surface area contributed by atoms with Gasteiger partial charge in [0.2, 0.25) is 0 Å². The fourth-order valence-electron chi connectivity index (χ4n) is 3.71. The van der Waals surface area contributed by atoms with E-state index in [1.54, 1.807) is 4.57 Å². The zero-order valence-electron chi connectivity index (χ0n) is 14.9. The monoisotopic (exact) mass is 327 g/mol. The lowest BCUT2D eigenvalue weighted by Gasteiger charge is -2.24. The first kappa shape index (κ1) is 16.7. The molecule has 1 aliphatic carbocycles. The number of fused-ring (bicyclic) bond motifs is 3. The lowest BCUT2D eigenvalue weighted by Crippen LogP contribution is -2.28. The van der Waals surface area contributed by atoms with E-state index in [-0.39, 0.29) is 12.0 Å². The number of aromatic nitrogens is 1. The fraction of sp³-hybridized carbons (Fsp3) is 0.500. The summed E-state index contributed by atoms with van der Waals surface area (Å²) in [4.78, 5) is 24.0. The Hall–Kier alpha value is -2.10. The molecule has 1 aliphatic rings. The normalized spacial score (nSPS) is 17.6. The van der Waals surface area contributed by atoms with Crippen LogP contribution in [0, 0.1) is 6.92 Å². The van der Waals surface area contributed by atoms with E-state index >= 15 is 0 Å². The average molecular weight is 327 g/mol. The number of hydrogen-bond donors (Lipinski definition) is 0. The highest BCUT2D eigenvalue weighted by molar-refractivity contribution is 5.95. The quantitative estimate of drug-likeness (QED) is 0.748. The van der Waals surface area contributed by atoms with Gasteiger partial charge in [-0.1, -0.05) is 12.1 Å².